The third-order valence-electron chi connectivity index (χ3n) is 6.17. The smallest absolute Gasteiger partial charge is 0.344 e. The number of hydrogen-bond acceptors (Lipinski definition) is 4. The molecular formula is C30H25NO3. The van der Waals surface area contributed by atoms with E-state index in [1.54, 1.807) is 7.11 Å². The fraction of sp³-hybridized carbons (Fsp3) is 0.133. The number of benzene rings is 4. The highest BCUT2D eigenvalue weighted by molar-refractivity contribution is 6.08. The lowest BCUT2D eigenvalue weighted by atomic mass is 9.95. The van der Waals surface area contributed by atoms with Gasteiger partial charge in [-0.15, -0.1) is 0 Å². The topological polar surface area (TPSA) is 48.4 Å². The van der Waals surface area contributed by atoms with Gasteiger partial charge in [0.05, 0.1) is 23.9 Å². The summed E-state index contributed by atoms with van der Waals surface area (Å²) < 4.78 is 11.2. The van der Waals surface area contributed by atoms with Crippen molar-refractivity contribution < 1.29 is 14.3 Å². The molecule has 5 aromatic rings. The van der Waals surface area contributed by atoms with Crippen LogP contribution in [0.5, 0.6) is 11.5 Å². The summed E-state index contributed by atoms with van der Waals surface area (Å²) in [5.41, 5.74) is 5.89. The Kier molecular flexibility index (Phi) is 5.50. The Hall–Kier alpha value is -4.18. The Labute approximate surface area is 198 Å². The number of nitrogens with zero attached hydrogens (tertiary/aromatic N) is 1. The highest BCUT2D eigenvalue weighted by Gasteiger charge is 2.22. The molecule has 4 heteroatoms. The average Bonchev–Trinajstić information content (AvgIpc) is 2.83. The Balaban J connectivity index is 1.66. The van der Waals surface area contributed by atoms with Crippen molar-refractivity contribution in [2.75, 3.05) is 7.11 Å². The lowest BCUT2D eigenvalue weighted by molar-refractivity contribution is 0.0736. The Morgan fingerprint density at radius 2 is 1.50 bits per heavy atom. The maximum absolute atomic E-state index is 13.6. The number of carbonyl (C=O) groups is 1. The highest BCUT2D eigenvalue weighted by atomic mass is 16.5. The van der Waals surface area contributed by atoms with Gasteiger partial charge in [-0.1, -0.05) is 42.0 Å². The van der Waals surface area contributed by atoms with E-state index in [4.69, 9.17) is 14.5 Å². The number of fused-ring (bicyclic) bond motifs is 2. The van der Waals surface area contributed by atoms with Gasteiger partial charge in [0.15, 0.2) is 0 Å². The molecule has 5 rings (SSSR count). The summed E-state index contributed by atoms with van der Waals surface area (Å²) in [6.45, 7) is 5.98. The number of rotatable bonds is 4. The van der Waals surface area contributed by atoms with Crippen LogP contribution >= 0.6 is 0 Å². The average molecular weight is 448 g/mol. The zero-order valence-electron chi connectivity index (χ0n) is 19.7. The molecule has 0 bridgehead atoms. The normalized spacial score (nSPS) is 11.1. The van der Waals surface area contributed by atoms with Crippen molar-refractivity contribution in [1.29, 1.82) is 0 Å². The van der Waals surface area contributed by atoms with Crippen molar-refractivity contribution in [3.8, 4) is 22.8 Å². The second-order valence-electron chi connectivity index (χ2n) is 8.57. The summed E-state index contributed by atoms with van der Waals surface area (Å²) in [6.07, 6.45) is 0. The number of carbonyl (C=O) groups excluding carboxylic acids is 1. The molecule has 0 saturated heterocycles. The van der Waals surface area contributed by atoms with Crippen LogP contribution in [0.2, 0.25) is 0 Å². The molecule has 4 aromatic carbocycles. The first-order valence-electron chi connectivity index (χ1n) is 11.2. The van der Waals surface area contributed by atoms with Gasteiger partial charge in [-0.3, -0.25) is 0 Å². The molecule has 0 saturated carbocycles. The van der Waals surface area contributed by atoms with E-state index in [-0.39, 0.29) is 5.97 Å². The maximum Gasteiger partial charge on any atom is 0.344 e. The molecule has 0 aliphatic heterocycles. The summed E-state index contributed by atoms with van der Waals surface area (Å²) in [5.74, 6) is 0.897. The summed E-state index contributed by atoms with van der Waals surface area (Å²) in [5, 5.41) is 2.92. The van der Waals surface area contributed by atoms with Gasteiger partial charge in [0.25, 0.3) is 0 Å². The van der Waals surface area contributed by atoms with Crippen LogP contribution < -0.4 is 9.47 Å². The summed E-state index contributed by atoms with van der Waals surface area (Å²) in [6, 6.07) is 25.5. The van der Waals surface area contributed by atoms with Gasteiger partial charge in [0.2, 0.25) is 0 Å². The van der Waals surface area contributed by atoms with Crippen molar-refractivity contribution in [1.82, 2.24) is 4.98 Å². The van der Waals surface area contributed by atoms with Crippen molar-refractivity contribution in [3.05, 3.63) is 101 Å². The first-order valence-corrected chi connectivity index (χ1v) is 11.2. The lowest BCUT2D eigenvalue weighted by Crippen LogP contribution is -2.13. The van der Waals surface area contributed by atoms with Crippen molar-refractivity contribution in [3.63, 3.8) is 0 Å². The molecular weight excluding hydrogens is 422 g/mol. The Morgan fingerprint density at radius 3 is 2.24 bits per heavy atom. The first kappa shape index (κ1) is 21.7. The predicted molar refractivity (Wildman–Crippen MR) is 137 cm³/mol. The van der Waals surface area contributed by atoms with Crippen molar-refractivity contribution in [2.45, 2.75) is 20.8 Å². The predicted octanol–water partition coefficient (Wildman–Crippen LogP) is 7.21. The molecule has 0 N–H and O–H groups in total. The number of esters is 1. The quantitative estimate of drug-likeness (QED) is 0.216. The van der Waals surface area contributed by atoms with Crippen LogP contribution in [0.15, 0.2) is 78.9 Å². The first-order chi connectivity index (χ1) is 16.4. The SMILES string of the molecule is COc1ccc(-c2nc3c(C)cc(C)cc3c(C(=O)Oc3ccc4ccccc4c3)c2C)cc1. The Bertz CT molecular complexity index is 1550. The highest BCUT2D eigenvalue weighted by Crippen LogP contribution is 2.33. The number of ether oxygens (including phenoxy) is 2. The molecule has 0 radical (unpaired) electrons. The zero-order valence-corrected chi connectivity index (χ0v) is 19.7. The molecule has 4 nitrogen and oxygen atoms in total. The summed E-state index contributed by atoms with van der Waals surface area (Å²) in [7, 11) is 1.64. The van der Waals surface area contributed by atoms with E-state index in [9.17, 15) is 4.79 Å². The molecule has 34 heavy (non-hydrogen) atoms. The second-order valence-corrected chi connectivity index (χ2v) is 8.57. The minimum absolute atomic E-state index is 0.389. The van der Waals surface area contributed by atoms with Crippen LogP contribution in [0.1, 0.15) is 27.0 Å². The summed E-state index contributed by atoms with van der Waals surface area (Å²) >= 11 is 0. The minimum Gasteiger partial charge on any atom is -0.497 e. The van der Waals surface area contributed by atoms with Crippen molar-refractivity contribution >= 4 is 27.6 Å². The van der Waals surface area contributed by atoms with E-state index in [1.165, 1.54) is 0 Å². The molecule has 0 spiro atoms. The van der Waals surface area contributed by atoms with Gasteiger partial charge in [-0.2, -0.15) is 0 Å². The van der Waals surface area contributed by atoms with E-state index in [2.05, 4.69) is 6.07 Å². The van der Waals surface area contributed by atoms with Gasteiger partial charge < -0.3 is 9.47 Å². The van der Waals surface area contributed by atoms with E-state index in [1.807, 2.05) is 93.6 Å². The molecule has 1 aromatic heterocycles. The third-order valence-corrected chi connectivity index (χ3v) is 6.17. The van der Waals surface area contributed by atoms with Gasteiger partial charge in [-0.25, -0.2) is 9.78 Å². The Morgan fingerprint density at radius 1 is 0.794 bits per heavy atom. The molecule has 0 aliphatic rings. The third kappa shape index (κ3) is 3.88. The zero-order chi connectivity index (χ0) is 23.8. The molecule has 0 aliphatic carbocycles. The largest absolute Gasteiger partial charge is 0.497 e. The second kappa shape index (κ2) is 8.64. The molecule has 0 fully saturated rings. The van der Waals surface area contributed by atoms with E-state index < -0.39 is 0 Å². The van der Waals surface area contributed by atoms with Crippen LogP contribution in [-0.2, 0) is 0 Å². The van der Waals surface area contributed by atoms with Crippen LogP contribution in [0.4, 0.5) is 0 Å². The number of methoxy groups -OCH3 is 1. The molecule has 168 valence electrons. The van der Waals surface area contributed by atoms with Gasteiger partial charge in [0.1, 0.15) is 11.5 Å². The fourth-order valence-electron chi connectivity index (χ4n) is 4.50. The van der Waals surface area contributed by atoms with Gasteiger partial charge in [0, 0.05) is 10.9 Å². The number of hydrogen-bond donors (Lipinski definition) is 0. The molecule has 0 unspecified atom stereocenters. The van der Waals surface area contributed by atoms with E-state index >= 15 is 0 Å². The van der Waals surface area contributed by atoms with Crippen molar-refractivity contribution in [2.24, 2.45) is 0 Å². The molecule has 0 atom stereocenters. The van der Waals surface area contributed by atoms with Crippen LogP contribution in [0.25, 0.3) is 32.9 Å². The number of pyridine rings is 1. The monoisotopic (exact) mass is 447 g/mol. The summed E-state index contributed by atoms with van der Waals surface area (Å²) in [4.78, 5) is 18.6. The standard InChI is InChI=1S/C30H25NO3/c1-18-15-19(2)28-26(16-18)27(20(3)29(31-28)22-10-12-24(33-4)13-11-22)30(32)34-25-14-9-21-7-5-6-8-23(21)17-25/h5-17H,1-4H3. The van der Waals surface area contributed by atoms with Crippen LogP contribution in [0, 0.1) is 20.8 Å². The van der Waals surface area contributed by atoms with Gasteiger partial charge in [-0.05, 0) is 85.1 Å². The lowest BCUT2D eigenvalue weighted by Gasteiger charge is -2.16. The maximum atomic E-state index is 13.6. The molecule has 0 amide bonds. The van der Waals surface area contributed by atoms with E-state index in [0.29, 0.717) is 11.3 Å². The van der Waals surface area contributed by atoms with Crippen LogP contribution in [-0.4, -0.2) is 18.1 Å². The van der Waals surface area contributed by atoms with Gasteiger partial charge >= 0.3 is 5.97 Å². The minimum atomic E-state index is -0.389. The van der Waals surface area contributed by atoms with Crippen LogP contribution in [0.3, 0.4) is 0 Å². The van der Waals surface area contributed by atoms with E-state index in [0.717, 1.165) is 55.4 Å². The number of aryl methyl sites for hydroxylation is 2. The number of aromatic nitrogens is 1. The molecule has 1 heterocycles. The fourth-order valence-corrected chi connectivity index (χ4v) is 4.50.